The zero-order chi connectivity index (χ0) is 25.7. The molecule has 0 bridgehead atoms. The summed E-state index contributed by atoms with van der Waals surface area (Å²) in [5.74, 6) is 0.275. The van der Waals surface area contributed by atoms with Gasteiger partial charge in [0.05, 0.1) is 42.3 Å². The van der Waals surface area contributed by atoms with Gasteiger partial charge < -0.3 is 14.2 Å². The second-order valence-corrected chi connectivity index (χ2v) is 10.8. The molecule has 0 spiro atoms. The molecule has 1 aliphatic rings. The minimum Gasteiger partial charge on any atom is -0.499 e. The first kappa shape index (κ1) is 24.8. The predicted molar refractivity (Wildman–Crippen MR) is 143 cm³/mol. The molecule has 1 aliphatic heterocycles. The van der Waals surface area contributed by atoms with Gasteiger partial charge in [-0.05, 0) is 41.0 Å². The van der Waals surface area contributed by atoms with E-state index in [1.807, 2.05) is 84.9 Å². The Bertz CT molecular complexity index is 1410. The van der Waals surface area contributed by atoms with Gasteiger partial charge in [0.1, 0.15) is 11.4 Å². The molecule has 4 aromatic carbocycles. The highest BCUT2D eigenvalue weighted by molar-refractivity contribution is 7.95. The van der Waals surface area contributed by atoms with Crippen LogP contribution in [-0.4, -0.2) is 28.7 Å². The van der Waals surface area contributed by atoms with E-state index in [2.05, 4.69) is 0 Å². The highest BCUT2D eigenvalue weighted by Crippen LogP contribution is 2.42. The average molecular weight is 513 g/mol. The SMILES string of the molecule is COc1ccc(C(OCC2COC=C2S(=O)(=O)c2ccccc2)(c2ccccc2)c2ccccc2)cc1. The Labute approximate surface area is 217 Å². The summed E-state index contributed by atoms with van der Waals surface area (Å²) >= 11 is 0. The average Bonchev–Trinajstić information content (AvgIpc) is 3.45. The summed E-state index contributed by atoms with van der Waals surface area (Å²) in [5, 5.41) is 0. The molecule has 4 aromatic rings. The van der Waals surface area contributed by atoms with Gasteiger partial charge in [-0.25, -0.2) is 8.42 Å². The number of sulfone groups is 1. The van der Waals surface area contributed by atoms with Crippen LogP contribution in [0.3, 0.4) is 0 Å². The molecule has 0 aromatic heterocycles. The van der Waals surface area contributed by atoms with Crippen molar-refractivity contribution in [1.29, 1.82) is 0 Å². The number of benzene rings is 4. The Hall–Kier alpha value is -3.87. The highest BCUT2D eigenvalue weighted by Gasteiger charge is 2.40. The van der Waals surface area contributed by atoms with Crippen molar-refractivity contribution in [2.24, 2.45) is 5.92 Å². The molecule has 0 N–H and O–H groups in total. The van der Waals surface area contributed by atoms with Gasteiger partial charge in [0.2, 0.25) is 9.84 Å². The number of hydrogen-bond donors (Lipinski definition) is 0. The topological polar surface area (TPSA) is 61.8 Å². The van der Waals surface area contributed by atoms with Crippen LogP contribution in [0.5, 0.6) is 5.75 Å². The minimum absolute atomic E-state index is 0.133. The maximum absolute atomic E-state index is 13.4. The van der Waals surface area contributed by atoms with E-state index >= 15 is 0 Å². The standard InChI is InChI=1S/C31H28O5S/c1-34-28-19-17-27(18-20-28)31(25-11-5-2-6-12-25,26-13-7-3-8-14-26)36-22-24-21-35-23-30(24)37(32,33)29-15-9-4-10-16-29/h2-20,23-24H,21-22H2,1H3. The van der Waals surface area contributed by atoms with Crippen molar-refractivity contribution < 1.29 is 22.6 Å². The minimum atomic E-state index is -3.72. The summed E-state index contributed by atoms with van der Waals surface area (Å²) in [5.41, 5.74) is 1.78. The quantitative estimate of drug-likeness (QED) is 0.259. The fourth-order valence-electron chi connectivity index (χ4n) is 4.72. The molecule has 37 heavy (non-hydrogen) atoms. The number of ether oxygens (including phenoxy) is 3. The van der Waals surface area contributed by atoms with E-state index in [0.717, 1.165) is 22.4 Å². The Kier molecular flexibility index (Phi) is 7.12. The molecule has 1 heterocycles. The predicted octanol–water partition coefficient (Wildman–Crippen LogP) is 5.97. The third-order valence-corrected chi connectivity index (χ3v) is 8.56. The first-order valence-electron chi connectivity index (χ1n) is 12.1. The second kappa shape index (κ2) is 10.6. The first-order valence-corrected chi connectivity index (χ1v) is 13.6. The number of methoxy groups -OCH3 is 1. The molecule has 0 saturated heterocycles. The van der Waals surface area contributed by atoms with E-state index in [-0.39, 0.29) is 23.0 Å². The van der Waals surface area contributed by atoms with Gasteiger partial charge in [0, 0.05) is 0 Å². The van der Waals surface area contributed by atoms with Crippen LogP contribution in [0.15, 0.2) is 131 Å². The maximum Gasteiger partial charge on any atom is 0.206 e. The van der Waals surface area contributed by atoms with Crippen molar-refractivity contribution in [3.63, 3.8) is 0 Å². The molecule has 0 aliphatic carbocycles. The molecule has 5 nitrogen and oxygen atoms in total. The van der Waals surface area contributed by atoms with Crippen LogP contribution < -0.4 is 4.74 Å². The summed E-state index contributed by atoms with van der Waals surface area (Å²) in [7, 11) is -2.09. The van der Waals surface area contributed by atoms with Crippen molar-refractivity contribution in [1.82, 2.24) is 0 Å². The molecular formula is C31H28O5S. The van der Waals surface area contributed by atoms with Gasteiger partial charge in [-0.2, -0.15) is 0 Å². The molecular weight excluding hydrogens is 484 g/mol. The summed E-state index contributed by atoms with van der Waals surface area (Å²) in [4.78, 5) is 0.466. The van der Waals surface area contributed by atoms with Crippen molar-refractivity contribution >= 4 is 9.84 Å². The number of rotatable bonds is 9. The Morgan fingerprint density at radius 2 is 1.27 bits per heavy atom. The van der Waals surface area contributed by atoms with Crippen LogP contribution in [0.1, 0.15) is 16.7 Å². The summed E-state index contributed by atoms with van der Waals surface area (Å²) < 4.78 is 44.7. The van der Waals surface area contributed by atoms with Crippen LogP contribution in [0.2, 0.25) is 0 Å². The van der Waals surface area contributed by atoms with Crippen LogP contribution in [-0.2, 0) is 24.9 Å². The fraction of sp³-hybridized carbons (Fsp3) is 0.161. The molecule has 0 radical (unpaired) electrons. The van der Waals surface area contributed by atoms with Gasteiger partial charge in [-0.3, -0.25) is 0 Å². The molecule has 1 atom stereocenters. The second-order valence-electron chi connectivity index (χ2n) is 8.82. The number of hydrogen-bond acceptors (Lipinski definition) is 5. The first-order chi connectivity index (χ1) is 18.1. The third kappa shape index (κ3) is 4.78. The van der Waals surface area contributed by atoms with Crippen LogP contribution in [0.25, 0.3) is 0 Å². The molecule has 6 heteroatoms. The Morgan fingerprint density at radius 3 is 1.81 bits per heavy atom. The highest BCUT2D eigenvalue weighted by atomic mass is 32.2. The van der Waals surface area contributed by atoms with E-state index in [1.165, 1.54) is 6.26 Å². The van der Waals surface area contributed by atoms with Crippen molar-refractivity contribution in [3.8, 4) is 5.75 Å². The third-order valence-electron chi connectivity index (χ3n) is 6.62. The van der Waals surface area contributed by atoms with E-state index < -0.39 is 21.4 Å². The van der Waals surface area contributed by atoms with Gasteiger partial charge in [-0.15, -0.1) is 0 Å². The molecule has 0 fully saturated rings. The lowest BCUT2D eigenvalue weighted by molar-refractivity contribution is -0.00624. The van der Waals surface area contributed by atoms with Gasteiger partial charge >= 0.3 is 0 Å². The molecule has 188 valence electrons. The van der Waals surface area contributed by atoms with E-state index in [1.54, 1.807) is 37.4 Å². The fourth-order valence-corrected chi connectivity index (χ4v) is 6.28. The molecule has 5 rings (SSSR count). The lowest BCUT2D eigenvalue weighted by atomic mass is 9.80. The zero-order valence-electron chi connectivity index (χ0n) is 20.5. The van der Waals surface area contributed by atoms with Gasteiger partial charge in [0.15, 0.2) is 0 Å². The monoisotopic (exact) mass is 512 g/mol. The van der Waals surface area contributed by atoms with E-state index in [4.69, 9.17) is 14.2 Å². The van der Waals surface area contributed by atoms with Gasteiger partial charge in [-0.1, -0.05) is 91.0 Å². The molecule has 0 amide bonds. The summed E-state index contributed by atoms with van der Waals surface area (Å²) in [6.07, 6.45) is 1.36. The van der Waals surface area contributed by atoms with Crippen molar-refractivity contribution in [2.75, 3.05) is 20.3 Å². The Morgan fingerprint density at radius 1 is 0.757 bits per heavy atom. The lowest BCUT2D eigenvalue weighted by Gasteiger charge is -2.37. The van der Waals surface area contributed by atoms with Gasteiger partial charge in [0.25, 0.3) is 0 Å². The zero-order valence-corrected chi connectivity index (χ0v) is 21.3. The molecule has 1 unspecified atom stereocenters. The normalized spacial score (nSPS) is 15.6. The largest absolute Gasteiger partial charge is 0.499 e. The van der Waals surface area contributed by atoms with E-state index in [0.29, 0.717) is 0 Å². The Balaban J connectivity index is 1.57. The van der Waals surface area contributed by atoms with Crippen molar-refractivity contribution in [2.45, 2.75) is 10.5 Å². The smallest absolute Gasteiger partial charge is 0.206 e. The maximum atomic E-state index is 13.4. The summed E-state index contributed by atoms with van der Waals surface area (Å²) in [6, 6.07) is 36.2. The van der Waals surface area contributed by atoms with Crippen LogP contribution in [0.4, 0.5) is 0 Å². The van der Waals surface area contributed by atoms with Crippen LogP contribution in [0, 0.1) is 5.92 Å². The van der Waals surface area contributed by atoms with Crippen molar-refractivity contribution in [3.05, 3.63) is 143 Å². The van der Waals surface area contributed by atoms with Crippen LogP contribution >= 0.6 is 0 Å². The lowest BCUT2D eigenvalue weighted by Crippen LogP contribution is -2.35. The summed E-state index contributed by atoms with van der Waals surface area (Å²) in [6.45, 7) is 0.359. The molecule has 0 saturated carbocycles. The van der Waals surface area contributed by atoms with E-state index in [9.17, 15) is 8.42 Å².